The Kier molecular flexibility index (Phi) is 4.93. The summed E-state index contributed by atoms with van der Waals surface area (Å²) in [6.45, 7) is 7.10. The van der Waals surface area contributed by atoms with E-state index in [9.17, 15) is 4.79 Å². The third-order valence-corrected chi connectivity index (χ3v) is 4.15. The molecule has 0 saturated carbocycles. The van der Waals surface area contributed by atoms with E-state index in [2.05, 4.69) is 26.3 Å². The van der Waals surface area contributed by atoms with Crippen LogP contribution in [0.3, 0.4) is 0 Å². The summed E-state index contributed by atoms with van der Waals surface area (Å²) in [6.07, 6.45) is 4.56. The van der Waals surface area contributed by atoms with Crippen LogP contribution in [0.25, 0.3) is 0 Å². The molecule has 3 rings (SSSR count). The Morgan fingerprint density at radius 3 is 2.38 bits per heavy atom. The molecule has 1 aliphatic rings. The first-order valence-corrected chi connectivity index (χ1v) is 8.28. The predicted molar refractivity (Wildman–Crippen MR) is 95.4 cm³/mol. The van der Waals surface area contributed by atoms with Gasteiger partial charge in [-0.1, -0.05) is 12.1 Å². The number of amides is 2. The zero-order valence-electron chi connectivity index (χ0n) is 14.2. The summed E-state index contributed by atoms with van der Waals surface area (Å²) >= 11 is 0. The Bertz CT molecular complexity index is 684. The molecule has 1 N–H and O–H groups in total. The molecular weight excluding hydrogens is 302 g/mol. The molecule has 0 atom stereocenters. The summed E-state index contributed by atoms with van der Waals surface area (Å²) in [5.41, 5.74) is 2.23. The van der Waals surface area contributed by atoms with E-state index in [4.69, 9.17) is 0 Å². The maximum atomic E-state index is 12.4. The lowest BCUT2D eigenvalue weighted by Crippen LogP contribution is -2.38. The number of rotatable bonds is 2. The molecule has 0 aliphatic carbocycles. The van der Waals surface area contributed by atoms with Crippen molar-refractivity contribution in [2.24, 2.45) is 0 Å². The van der Waals surface area contributed by atoms with Gasteiger partial charge >= 0.3 is 6.03 Å². The first kappa shape index (κ1) is 16.2. The normalized spacial score (nSPS) is 15.1. The summed E-state index contributed by atoms with van der Waals surface area (Å²) in [7, 11) is 0. The Balaban J connectivity index is 1.59. The van der Waals surface area contributed by atoms with Crippen molar-refractivity contribution in [1.29, 1.82) is 0 Å². The largest absolute Gasteiger partial charge is 0.355 e. The molecular formula is C18H23N5O. The molecule has 2 amide bonds. The van der Waals surface area contributed by atoms with Crippen molar-refractivity contribution in [3.05, 3.63) is 47.8 Å². The highest BCUT2D eigenvalue weighted by Crippen LogP contribution is 2.15. The van der Waals surface area contributed by atoms with E-state index in [0.29, 0.717) is 12.4 Å². The van der Waals surface area contributed by atoms with Crippen LogP contribution in [0.4, 0.5) is 16.4 Å². The summed E-state index contributed by atoms with van der Waals surface area (Å²) in [5, 5.41) is 2.87. The molecule has 0 radical (unpaired) electrons. The number of hydrogen-bond donors (Lipinski definition) is 1. The van der Waals surface area contributed by atoms with Gasteiger partial charge in [0.25, 0.3) is 0 Å². The molecule has 1 aliphatic heterocycles. The molecule has 2 aromatic rings. The zero-order chi connectivity index (χ0) is 16.9. The van der Waals surface area contributed by atoms with Gasteiger partial charge in [-0.25, -0.2) is 14.8 Å². The smallest absolute Gasteiger partial charge is 0.323 e. The fourth-order valence-corrected chi connectivity index (χ4v) is 2.73. The molecule has 6 heteroatoms. The first-order chi connectivity index (χ1) is 11.6. The number of nitrogens with zero attached hydrogens (tertiary/aromatic N) is 4. The van der Waals surface area contributed by atoms with Crippen LogP contribution in [0.15, 0.2) is 36.7 Å². The van der Waals surface area contributed by atoms with Gasteiger partial charge in [-0.2, -0.15) is 0 Å². The maximum absolute atomic E-state index is 12.4. The molecule has 1 fully saturated rings. The highest BCUT2D eigenvalue weighted by atomic mass is 16.2. The zero-order valence-corrected chi connectivity index (χ0v) is 14.2. The van der Waals surface area contributed by atoms with Gasteiger partial charge < -0.3 is 9.80 Å². The number of hydrogen-bond acceptors (Lipinski definition) is 4. The molecule has 0 aromatic carbocycles. The average Bonchev–Trinajstić information content (AvgIpc) is 2.84. The maximum Gasteiger partial charge on any atom is 0.323 e. The van der Waals surface area contributed by atoms with E-state index in [1.807, 2.05) is 43.1 Å². The lowest BCUT2D eigenvalue weighted by molar-refractivity contribution is 0.215. The van der Waals surface area contributed by atoms with Crippen LogP contribution in [0.1, 0.15) is 17.5 Å². The van der Waals surface area contributed by atoms with Crippen molar-refractivity contribution in [3.8, 4) is 0 Å². The second kappa shape index (κ2) is 7.29. The predicted octanol–water partition coefficient (Wildman–Crippen LogP) is 2.84. The van der Waals surface area contributed by atoms with Crippen LogP contribution >= 0.6 is 0 Å². The molecule has 0 unspecified atom stereocenters. The van der Waals surface area contributed by atoms with E-state index < -0.39 is 0 Å². The van der Waals surface area contributed by atoms with Gasteiger partial charge in [-0.3, -0.25) is 5.32 Å². The van der Waals surface area contributed by atoms with Crippen molar-refractivity contribution in [1.82, 2.24) is 14.9 Å². The third kappa shape index (κ3) is 4.01. The Hall–Kier alpha value is -2.63. The SMILES string of the molecule is Cc1ccc(NC(=O)N2CCCN(c3ccc(C)cn3)CC2)nc1. The highest BCUT2D eigenvalue weighted by Gasteiger charge is 2.20. The Labute approximate surface area is 142 Å². The minimum absolute atomic E-state index is 0.0925. The number of carbonyl (C=O) groups excluding carboxylic acids is 1. The summed E-state index contributed by atoms with van der Waals surface area (Å²) in [6, 6.07) is 7.79. The van der Waals surface area contributed by atoms with Gasteiger partial charge in [-0.05, 0) is 43.5 Å². The second-order valence-electron chi connectivity index (χ2n) is 6.17. The van der Waals surface area contributed by atoms with E-state index in [0.717, 1.165) is 43.0 Å². The van der Waals surface area contributed by atoms with E-state index in [-0.39, 0.29) is 6.03 Å². The van der Waals surface area contributed by atoms with Crippen molar-refractivity contribution in [2.45, 2.75) is 20.3 Å². The van der Waals surface area contributed by atoms with Gasteiger partial charge in [0.2, 0.25) is 0 Å². The van der Waals surface area contributed by atoms with Gasteiger partial charge in [0.1, 0.15) is 11.6 Å². The van der Waals surface area contributed by atoms with Crippen LogP contribution < -0.4 is 10.2 Å². The number of anilines is 2. The Morgan fingerprint density at radius 2 is 1.71 bits per heavy atom. The van der Waals surface area contributed by atoms with Crippen LogP contribution in [-0.2, 0) is 0 Å². The van der Waals surface area contributed by atoms with Crippen LogP contribution in [-0.4, -0.2) is 47.1 Å². The number of pyridine rings is 2. The van der Waals surface area contributed by atoms with Crippen molar-refractivity contribution >= 4 is 17.7 Å². The van der Waals surface area contributed by atoms with Gasteiger partial charge in [0, 0.05) is 38.6 Å². The van der Waals surface area contributed by atoms with Gasteiger partial charge in [0.05, 0.1) is 0 Å². The lowest BCUT2D eigenvalue weighted by Gasteiger charge is -2.23. The number of carbonyl (C=O) groups is 1. The molecule has 3 heterocycles. The minimum atomic E-state index is -0.0925. The quantitative estimate of drug-likeness (QED) is 0.922. The van der Waals surface area contributed by atoms with Crippen molar-refractivity contribution in [2.75, 3.05) is 36.4 Å². The summed E-state index contributed by atoms with van der Waals surface area (Å²) in [4.78, 5) is 25.2. The van der Waals surface area contributed by atoms with E-state index >= 15 is 0 Å². The summed E-state index contributed by atoms with van der Waals surface area (Å²) < 4.78 is 0. The average molecular weight is 325 g/mol. The van der Waals surface area contributed by atoms with Crippen molar-refractivity contribution in [3.63, 3.8) is 0 Å². The number of urea groups is 1. The molecule has 1 saturated heterocycles. The third-order valence-electron chi connectivity index (χ3n) is 4.15. The fraction of sp³-hybridized carbons (Fsp3) is 0.389. The molecule has 2 aromatic heterocycles. The standard InChI is InChI=1S/C18H23N5O/c1-14-4-6-16(19-12-14)21-18(24)23-9-3-8-22(10-11-23)17-7-5-15(2)13-20-17/h4-7,12-13H,3,8-11H2,1-2H3,(H,19,21,24). The van der Waals surface area contributed by atoms with E-state index in [1.54, 1.807) is 6.20 Å². The molecule has 6 nitrogen and oxygen atoms in total. The summed E-state index contributed by atoms with van der Waals surface area (Å²) in [5.74, 6) is 1.56. The van der Waals surface area contributed by atoms with Crippen LogP contribution in [0.5, 0.6) is 0 Å². The number of aromatic nitrogens is 2. The molecule has 126 valence electrons. The van der Waals surface area contributed by atoms with Crippen LogP contribution in [0.2, 0.25) is 0 Å². The number of nitrogens with one attached hydrogen (secondary N) is 1. The topological polar surface area (TPSA) is 61.4 Å². The fourth-order valence-electron chi connectivity index (χ4n) is 2.73. The monoisotopic (exact) mass is 325 g/mol. The van der Waals surface area contributed by atoms with Gasteiger partial charge in [0.15, 0.2) is 0 Å². The highest BCUT2D eigenvalue weighted by molar-refractivity contribution is 5.88. The molecule has 24 heavy (non-hydrogen) atoms. The first-order valence-electron chi connectivity index (χ1n) is 8.28. The minimum Gasteiger partial charge on any atom is -0.355 e. The second-order valence-corrected chi connectivity index (χ2v) is 6.17. The van der Waals surface area contributed by atoms with Crippen LogP contribution in [0, 0.1) is 13.8 Å². The molecule has 0 spiro atoms. The Morgan fingerprint density at radius 1 is 0.958 bits per heavy atom. The molecule has 0 bridgehead atoms. The van der Waals surface area contributed by atoms with Crippen molar-refractivity contribution < 1.29 is 4.79 Å². The van der Waals surface area contributed by atoms with Gasteiger partial charge in [-0.15, -0.1) is 0 Å². The number of aryl methyl sites for hydroxylation is 2. The van der Waals surface area contributed by atoms with E-state index in [1.165, 1.54) is 0 Å². The lowest BCUT2D eigenvalue weighted by atomic mass is 10.3.